The fourth-order valence-corrected chi connectivity index (χ4v) is 5.62. The number of unbranched alkanes of at least 4 members (excludes halogenated alkanes) is 3. The molecule has 2 aromatic carbocycles. The third-order valence-corrected chi connectivity index (χ3v) is 7.94. The monoisotopic (exact) mass is 532 g/mol. The van der Waals surface area contributed by atoms with Gasteiger partial charge in [0.1, 0.15) is 6.54 Å². The number of carbonyl (C=O) groups is 2. The molecule has 2 heterocycles. The molecule has 0 radical (unpaired) electrons. The average Bonchev–Trinajstić information content (AvgIpc) is 3.66. The van der Waals surface area contributed by atoms with Gasteiger partial charge in [0, 0.05) is 30.1 Å². The van der Waals surface area contributed by atoms with Crippen LogP contribution in [0.1, 0.15) is 71.8 Å². The lowest BCUT2D eigenvalue weighted by molar-refractivity contribution is -0.133. The Morgan fingerprint density at radius 2 is 1.71 bits per heavy atom. The van der Waals surface area contributed by atoms with Crippen molar-refractivity contribution in [3.63, 3.8) is 0 Å². The molecule has 0 unspecified atom stereocenters. The third kappa shape index (κ3) is 8.53. The van der Waals surface area contributed by atoms with Crippen LogP contribution in [-0.4, -0.2) is 47.4 Å². The zero-order chi connectivity index (χ0) is 26.6. The zero-order valence-electron chi connectivity index (χ0n) is 22.5. The van der Waals surface area contributed by atoms with Crippen LogP contribution in [0.15, 0.2) is 72.1 Å². The van der Waals surface area contributed by atoms with Gasteiger partial charge >= 0.3 is 0 Å². The topological polar surface area (TPSA) is 49.9 Å². The lowest BCUT2D eigenvalue weighted by Crippen LogP contribution is -2.45. The maximum Gasteiger partial charge on any atom is 0.254 e. The van der Waals surface area contributed by atoms with Crippen molar-refractivity contribution in [3.8, 4) is 0 Å². The number of thiophene rings is 1. The smallest absolute Gasteiger partial charge is 0.254 e. The van der Waals surface area contributed by atoms with E-state index < -0.39 is 0 Å². The van der Waals surface area contributed by atoms with Crippen LogP contribution in [0, 0.1) is 0 Å². The van der Waals surface area contributed by atoms with E-state index in [0.29, 0.717) is 31.8 Å². The van der Waals surface area contributed by atoms with E-state index in [1.807, 2.05) is 58.8 Å². The van der Waals surface area contributed by atoms with Crippen LogP contribution in [0.4, 0.5) is 0 Å². The van der Waals surface area contributed by atoms with E-state index in [4.69, 9.17) is 4.74 Å². The second kappa shape index (κ2) is 14.8. The molecule has 0 N–H and O–H groups in total. The quantitative estimate of drug-likeness (QED) is 0.217. The minimum atomic E-state index is -0.109. The standard InChI is InChI=1S/C32H40N2O3S/c1-2-3-4-6-11-26-16-18-28(19-17-26)32(36)34(23-29-14-9-20-37-29)25-31(35)33(24-30-15-10-21-38-30)22-27-12-7-5-8-13-27/h5,7-8,10,12-13,15-19,21,29H,2-4,6,9,11,14,20,22-25H2,1H3/t29-/m0/s1. The molecule has 202 valence electrons. The Morgan fingerprint density at radius 1 is 0.895 bits per heavy atom. The molecule has 0 aliphatic carbocycles. The van der Waals surface area contributed by atoms with Gasteiger partial charge in [0.05, 0.1) is 12.6 Å². The summed E-state index contributed by atoms with van der Waals surface area (Å²) in [7, 11) is 0. The first-order valence-corrected chi connectivity index (χ1v) is 14.8. The second-order valence-corrected chi connectivity index (χ2v) is 11.2. The molecule has 0 spiro atoms. The maximum absolute atomic E-state index is 13.7. The van der Waals surface area contributed by atoms with Crippen LogP contribution in [0.5, 0.6) is 0 Å². The molecule has 0 bridgehead atoms. The van der Waals surface area contributed by atoms with E-state index in [0.717, 1.165) is 29.7 Å². The van der Waals surface area contributed by atoms with Gasteiger partial charge in [-0.1, -0.05) is 74.7 Å². The summed E-state index contributed by atoms with van der Waals surface area (Å²) in [5.74, 6) is -0.164. The molecule has 1 atom stereocenters. The van der Waals surface area contributed by atoms with E-state index >= 15 is 0 Å². The van der Waals surface area contributed by atoms with Crippen LogP contribution < -0.4 is 0 Å². The summed E-state index contributed by atoms with van der Waals surface area (Å²) in [4.78, 5) is 32.1. The van der Waals surface area contributed by atoms with Crippen molar-refractivity contribution in [2.24, 2.45) is 0 Å². The van der Waals surface area contributed by atoms with E-state index in [9.17, 15) is 9.59 Å². The SMILES string of the molecule is CCCCCCc1ccc(C(=O)N(CC(=O)N(Cc2ccccc2)Cc2cccs2)C[C@@H]2CCCO2)cc1. The Kier molecular flexibility index (Phi) is 11.0. The van der Waals surface area contributed by atoms with Crippen LogP contribution in [0.25, 0.3) is 0 Å². The molecule has 3 aromatic rings. The van der Waals surface area contributed by atoms with Gasteiger partial charge in [-0.25, -0.2) is 0 Å². The summed E-state index contributed by atoms with van der Waals surface area (Å²) < 4.78 is 5.86. The number of ether oxygens (including phenoxy) is 1. The van der Waals surface area contributed by atoms with Crippen LogP contribution >= 0.6 is 11.3 Å². The largest absolute Gasteiger partial charge is 0.376 e. The van der Waals surface area contributed by atoms with Crippen LogP contribution in [0.2, 0.25) is 0 Å². The summed E-state index contributed by atoms with van der Waals surface area (Å²) in [5, 5.41) is 2.03. The predicted molar refractivity (Wildman–Crippen MR) is 154 cm³/mol. The molecule has 0 saturated carbocycles. The van der Waals surface area contributed by atoms with Gasteiger partial charge in [-0.2, -0.15) is 0 Å². The first-order chi connectivity index (χ1) is 18.6. The minimum Gasteiger partial charge on any atom is -0.376 e. The molecule has 5 nitrogen and oxygen atoms in total. The highest BCUT2D eigenvalue weighted by molar-refractivity contribution is 7.09. The zero-order valence-corrected chi connectivity index (χ0v) is 23.3. The van der Waals surface area contributed by atoms with E-state index in [2.05, 4.69) is 25.1 Å². The van der Waals surface area contributed by atoms with Crippen molar-refractivity contribution in [3.05, 3.63) is 93.7 Å². The van der Waals surface area contributed by atoms with Crippen LogP contribution in [0.3, 0.4) is 0 Å². The summed E-state index contributed by atoms with van der Waals surface area (Å²) >= 11 is 1.64. The lowest BCUT2D eigenvalue weighted by atomic mass is 10.0. The number of aryl methyl sites for hydroxylation is 1. The van der Waals surface area contributed by atoms with Gasteiger partial charge < -0.3 is 14.5 Å². The number of benzene rings is 2. The summed E-state index contributed by atoms with van der Waals surface area (Å²) in [6.07, 6.45) is 7.80. The van der Waals surface area contributed by atoms with Crippen molar-refractivity contribution in [1.29, 1.82) is 0 Å². The predicted octanol–water partition coefficient (Wildman–Crippen LogP) is 6.72. The van der Waals surface area contributed by atoms with Crippen molar-refractivity contribution in [1.82, 2.24) is 9.80 Å². The van der Waals surface area contributed by atoms with Gasteiger partial charge in [-0.15, -0.1) is 11.3 Å². The molecule has 6 heteroatoms. The lowest BCUT2D eigenvalue weighted by Gasteiger charge is -2.29. The Bertz CT molecular complexity index is 1110. The second-order valence-electron chi connectivity index (χ2n) is 10.1. The van der Waals surface area contributed by atoms with Gasteiger partial charge in [-0.3, -0.25) is 9.59 Å². The Balaban J connectivity index is 1.47. The average molecular weight is 533 g/mol. The Labute approximate surface area is 231 Å². The van der Waals surface area contributed by atoms with Crippen molar-refractivity contribution >= 4 is 23.2 Å². The number of amides is 2. The summed E-state index contributed by atoms with van der Waals surface area (Å²) in [6.45, 7) is 4.44. The first kappa shape index (κ1) is 28.1. The Hall–Kier alpha value is -2.96. The summed E-state index contributed by atoms with van der Waals surface area (Å²) in [5.41, 5.74) is 2.95. The highest BCUT2D eigenvalue weighted by Gasteiger charge is 2.27. The number of carbonyl (C=O) groups excluding carboxylic acids is 2. The molecule has 38 heavy (non-hydrogen) atoms. The number of hydrogen-bond donors (Lipinski definition) is 0. The molecule has 1 aromatic heterocycles. The molecule has 1 aliphatic heterocycles. The number of hydrogen-bond acceptors (Lipinski definition) is 4. The van der Waals surface area contributed by atoms with Crippen molar-refractivity contribution < 1.29 is 14.3 Å². The highest BCUT2D eigenvalue weighted by Crippen LogP contribution is 2.19. The Morgan fingerprint density at radius 3 is 2.39 bits per heavy atom. The normalized spacial score (nSPS) is 14.9. The fourth-order valence-electron chi connectivity index (χ4n) is 4.90. The molecule has 2 amide bonds. The van der Waals surface area contributed by atoms with Crippen molar-refractivity contribution in [2.75, 3.05) is 19.7 Å². The molecule has 1 aliphatic rings. The van der Waals surface area contributed by atoms with Gasteiger partial charge in [0.15, 0.2) is 0 Å². The first-order valence-electron chi connectivity index (χ1n) is 14.0. The summed E-state index contributed by atoms with van der Waals surface area (Å²) in [6, 6.07) is 22.0. The van der Waals surface area contributed by atoms with E-state index in [-0.39, 0.29) is 24.5 Å². The van der Waals surface area contributed by atoms with E-state index in [1.54, 1.807) is 16.2 Å². The van der Waals surface area contributed by atoms with E-state index in [1.165, 1.54) is 31.2 Å². The molecule has 1 saturated heterocycles. The molecule has 4 rings (SSSR count). The number of rotatable bonds is 14. The van der Waals surface area contributed by atoms with Gasteiger partial charge in [0.25, 0.3) is 5.91 Å². The number of nitrogens with zero attached hydrogens (tertiary/aromatic N) is 2. The van der Waals surface area contributed by atoms with Gasteiger partial charge in [-0.05, 0) is 60.4 Å². The molecular weight excluding hydrogens is 492 g/mol. The van der Waals surface area contributed by atoms with Crippen molar-refractivity contribution in [2.45, 2.75) is 71.1 Å². The molecule has 1 fully saturated rings. The molecular formula is C32H40N2O3S. The third-order valence-electron chi connectivity index (χ3n) is 7.08. The maximum atomic E-state index is 13.7. The highest BCUT2D eigenvalue weighted by atomic mass is 32.1. The van der Waals surface area contributed by atoms with Gasteiger partial charge in [0.2, 0.25) is 5.91 Å². The fraction of sp³-hybridized carbons (Fsp3) is 0.438. The van der Waals surface area contributed by atoms with Crippen LogP contribution in [-0.2, 0) is 29.0 Å². The minimum absolute atomic E-state index is 0.0236.